The molecule has 0 bridgehead atoms. The number of amides is 1. The molecule has 0 unspecified atom stereocenters. The first kappa shape index (κ1) is 14.0. The van der Waals surface area contributed by atoms with E-state index in [-0.39, 0.29) is 5.91 Å². The van der Waals surface area contributed by atoms with Crippen LogP contribution in [0.25, 0.3) is 0 Å². The molecule has 2 rings (SSSR count). The van der Waals surface area contributed by atoms with E-state index in [1.165, 1.54) is 5.56 Å². The molecule has 0 saturated carbocycles. The van der Waals surface area contributed by atoms with Crippen molar-refractivity contribution in [3.63, 3.8) is 0 Å². The summed E-state index contributed by atoms with van der Waals surface area (Å²) in [5, 5.41) is 7.38. The molecule has 3 nitrogen and oxygen atoms in total. The van der Waals surface area contributed by atoms with Crippen LogP contribution in [-0.2, 0) is 12.8 Å². The molecule has 0 radical (unpaired) electrons. The third-order valence-corrected chi connectivity index (χ3v) is 3.68. The van der Waals surface area contributed by atoms with Crippen molar-refractivity contribution in [2.45, 2.75) is 19.8 Å². The number of halogens is 1. The zero-order valence-electron chi connectivity index (χ0n) is 10.6. The van der Waals surface area contributed by atoms with Gasteiger partial charge in [0.15, 0.2) is 0 Å². The van der Waals surface area contributed by atoms with Crippen LogP contribution in [0.3, 0.4) is 0 Å². The molecule has 1 amide bonds. The number of hydrogen-bond acceptors (Lipinski definition) is 3. The highest BCUT2D eigenvalue weighted by atomic mass is 35.5. The van der Waals surface area contributed by atoms with Gasteiger partial charge >= 0.3 is 0 Å². The van der Waals surface area contributed by atoms with Crippen LogP contribution in [0.5, 0.6) is 0 Å². The number of pyridine rings is 1. The van der Waals surface area contributed by atoms with Crippen LogP contribution < -0.4 is 5.32 Å². The lowest BCUT2D eigenvalue weighted by molar-refractivity contribution is 0.0954. The molecule has 0 fully saturated rings. The molecule has 0 saturated heterocycles. The van der Waals surface area contributed by atoms with Gasteiger partial charge in [0.1, 0.15) is 5.15 Å². The maximum absolute atomic E-state index is 12.0. The summed E-state index contributed by atoms with van der Waals surface area (Å²) in [5.74, 6) is -0.103. The van der Waals surface area contributed by atoms with Crippen molar-refractivity contribution >= 4 is 28.8 Å². The highest BCUT2D eigenvalue weighted by Gasteiger charge is 2.08. The van der Waals surface area contributed by atoms with Crippen LogP contribution in [0.2, 0.25) is 5.15 Å². The number of aryl methyl sites for hydroxylation is 1. The van der Waals surface area contributed by atoms with Crippen molar-refractivity contribution in [3.8, 4) is 0 Å². The summed E-state index contributed by atoms with van der Waals surface area (Å²) in [6.45, 7) is 2.61. The predicted octanol–water partition coefficient (Wildman–Crippen LogP) is 3.33. The Kier molecular flexibility index (Phi) is 4.93. The Morgan fingerprint density at radius 1 is 1.47 bits per heavy atom. The summed E-state index contributed by atoms with van der Waals surface area (Å²) in [6.07, 6.45) is 1.60. The van der Waals surface area contributed by atoms with Gasteiger partial charge in [-0.3, -0.25) is 4.79 Å². The van der Waals surface area contributed by atoms with E-state index in [1.807, 2.05) is 12.3 Å². The number of nitrogens with zero attached hydrogens (tertiary/aromatic N) is 1. The summed E-state index contributed by atoms with van der Waals surface area (Å²) in [5.41, 5.74) is 2.64. The molecule has 2 heterocycles. The molecule has 1 N–H and O–H groups in total. The normalized spacial score (nSPS) is 10.4. The van der Waals surface area contributed by atoms with Gasteiger partial charge in [-0.25, -0.2) is 4.98 Å². The van der Waals surface area contributed by atoms with Crippen LogP contribution >= 0.6 is 22.9 Å². The number of thiophene rings is 1. The molecule has 100 valence electrons. The Morgan fingerprint density at radius 3 is 3.00 bits per heavy atom. The SMILES string of the molecule is CCc1cc(C(=O)NCCc2ccsc2)cc(Cl)n1. The fraction of sp³-hybridized carbons (Fsp3) is 0.286. The molecule has 19 heavy (non-hydrogen) atoms. The van der Waals surface area contributed by atoms with E-state index in [2.05, 4.69) is 21.7 Å². The molecule has 2 aromatic rings. The van der Waals surface area contributed by atoms with E-state index < -0.39 is 0 Å². The first-order valence-electron chi connectivity index (χ1n) is 6.14. The molecule has 5 heteroatoms. The van der Waals surface area contributed by atoms with Crippen molar-refractivity contribution < 1.29 is 4.79 Å². The van der Waals surface area contributed by atoms with Crippen LogP contribution in [0, 0.1) is 0 Å². The molecule has 0 aromatic carbocycles. The second kappa shape index (κ2) is 6.68. The molecule has 0 aliphatic carbocycles. The lowest BCUT2D eigenvalue weighted by atomic mass is 10.2. The summed E-state index contributed by atoms with van der Waals surface area (Å²) in [6, 6.07) is 5.45. The van der Waals surface area contributed by atoms with Gasteiger partial charge in [-0.2, -0.15) is 11.3 Å². The van der Waals surface area contributed by atoms with Crippen LogP contribution in [0.4, 0.5) is 0 Å². The molecule has 2 aromatic heterocycles. The van der Waals surface area contributed by atoms with E-state index >= 15 is 0 Å². The van der Waals surface area contributed by atoms with Gasteiger partial charge in [0.05, 0.1) is 0 Å². The van der Waals surface area contributed by atoms with Gasteiger partial charge in [0.2, 0.25) is 0 Å². The Bertz CT molecular complexity index is 555. The Balaban J connectivity index is 1.94. The van der Waals surface area contributed by atoms with Crippen molar-refractivity contribution in [2.75, 3.05) is 6.54 Å². The Labute approximate surface area is 121 Å². The summed E-state index contributed by atoms with van der Waals surface area (Å²) in [7, 11) is 0. The van der Waals surface area contributed by atoms with E-state index in [1.54, 1.807) is 23.5 Å². The predicted molar refractivity (Wildman–Crippen MR) is 79.0 cm³/mol. The first-order chi connectivity index (χ1) is 9.19. The average Bonchev–Trinajstić information content (AvgIpc) is 2.91. The van der Waals surface area contributed by atoms with E-state index in [0.717, 1.165) is 18.5 Å². The lowest BCUT2D eigenvalue weighted by Gasteiger charge is -2.06. The van der Waals surface area contributed by atoms with Crippen LogP contribution in [0.1, 0.15) is 28.5 Å². The number of hydrogen-bond donors (Lipinski definition) is 1. The van der Waals surface area contributed by atoms with E-state index in [9.17, 15) is 4.79 Å². The van der Waals surface area contributed by atoms with Gasteiger partial charge in [-0.1, -0.05) is 18.5 Å². The number of carbonyl (C=O) groups excluding carboxylic acids is 1. The molecular weight excluding hydrogens is 280 g/mol. The van der Waals surface area contributed by atoms with Crippen LogP contribution in [-0.4, -0.2) is 17.4 Å². The van der Waals surface area contributed by atoms with Gasteiger partial charge in [0, 0.05) is 17.8 Å². The largest absolute Gasteiger partial charge is 0.352 e. The summed E-state index contributed by atoms with van der Waals surface area (Å²) in [4.78, 5) is 16.1. The number of carbonyl (C=O) groups is 1. The third kappa shape index (κ3) is 4.04. The Hall–Kier alpha value is -1.39. The number of aromatic nitrogens is 1. The third-order valence-electron chi connectivity index (χ3n) is 2.75. The second-order valence-corrected chi connectivity index (χ2v) is 5.33. The van der Waals surface area contributed by atoms with Gasteiger partial charge in [-0.05, 0) is 47.4 Å². The highest BCUT2D eigenvalue weighted by molar-refractivity contribution is 7.07. The second-order valence-electron chi connectivity index (χ2n) is 4.16. The van der Waals surface area contributed by atoms with Crippen LogP contribution in [0.15, 0.2) is 29.0 Å². The minimum Gasteiger partial charge on any atom is -0.352 e. The first-order valence-corrected chi connectivity index (χ1v) is 7.47. The maximum Gasteiger partial charge on any atom is 0.251 e. The van der Waals surface area contributed by atoms with Crippen molar-refractivity contribution in [2.24, 2.45) is 0 Å². The Morgan fingerprint density at radius 2 is 2.32 bits per heavy atom. The van der Waals surface area contributed by atoms with E-state index in [0.29, 0.717) is 17.3 Å². The average molecular weight is 295 g/mol. The summed E-state index contributed by atoms with van der Waals surface area (Å²) < 4.78 is 0. The lowest BCUT2D eigenvalue weighted by Crippen LogP contribution is -2.25. The fourth-order valence-electron chi connectivity index (χ4n) is 1.72. The molecular formula is C14H15ClN2OS. The number of nitrogens with one attached hydrogen (secondary N) is 1. The summed E-state index contributed by atoms with van der Waals surface area (Å²) >= 11 is 7.56. The van der Waals surface area contributed by atoms with Crippen molar-refractivity contribution in [1.82, 2.24) is 10.3 Å². The van der Waals surface area contributed by atoms with Gasteiger partial charge in [0.25, 0.3) is 5.91 Å². The maximum atomic E-state index is 12.0. The molecule has 0 aliphatic rings. The number of rotatable bonds is 5. The van der Waals surface area contributed by atoms with E-state index in [4.69, 9.17) is 11.6 Å². The quantitative estimate of drug-likeness (QED) is 0.860. The fourth-order valence-corrected chi connectivity index (χ4v) is 2.65. The molecule has 0 spiro atoms. The van der Waals surface area contributed by atoms with Gasteiger partial charge < -0.3 is 5.32 Å². The smallest absolute Gasteiger partial charge is 0.251 e. The zero-order valence-corrected chi connectivity index (χ0v) is 12.2. The van der Waals surface area contributed by atoms with Gasteiger partial charge in [-0.15, -0.1) is 0 Å². The minimum absolute atomic E-state index is 0.103. The highest BCUT2D eigenvalue weighted by Crippen LogP contribution is 2.11. The standard InChI is InChI=1S/C14H15ClN2OS/c1-2-12-7-11(8-13(15)17-12)14(18)16-5-3-10-4-6-19-9-10/h4,6-9H,2-3,5H2,1H3,(H,16,18). The monoisotopic (exact) mass is 294 g/mol. The zero-order chi connectivity index (χ0) is 13.7. The van der Waals surface area contributed by atoms with Crippen molar-refractivity contribution in [1.29, 1.82) is 0 Å². The topological polar surface area (TPSA) is 42.0 Å². The van der Waals surface area contributed by atoms with Crippen molar-refractivity contribution in [3.05, 3.63) is 50.9 Å². The minimum atomic E-state index is -0.103. The molecule has 0 aliphatic heterocycles. The molecule has 0 atom stereocenters.